The van der Waals surface area contributed by atoms with Gasteiger partial charge in [-0.3, -0.25) is 5.32 Å². The van der Waals surface area contributed by atoms with Crippen LogP contribution in [0.5, 0.6) is 0 Å². The van der Waals surface area contributed by atoms with Gasteiger partial charge in [0.05, 0.1) is 12.1 Å². The Kier molecular flexibility index (Phi) is 5.60. The summed E-state index contributed by atoms with van der Waals surface area (Å²) in [6.07, 6.45) is 10.9. The largest absolute Gasteiger partial charge is 0.326 e. The summed E-state index contributed by atoms with van der Waals surface area (Å²) in [5.41, 5.74) is 7.62. The SMILES string of the molecule is NC1CCCCC1NC(c1ccccc1)c1nnnn1C1CCCCC1. The van der Waals surface area contributed by atoms with Crippen molar-refractivity contribution in [2.75, 3.05) is 0 Å². The lowest BCUT2D eigenvalue weighted by Crippen LogP contribution is -2.49. The molecule has 4 rings (SSSR count). The molecule has 0 bridgehead atoms. The van der Waals surface area contributed by atoms with Crippen LogP contribution >= 0.6 is 0 Å². The number of rotatable bonds is 5. The lowest BCUT2D eigenvalue weighted by molar-refractivity contribution is 0.286. The second-order valence-electron chi connectivity index (χ2n) is 7.84. The van der Waals surface area contributed by atoms with E-state index in [0.717, 1.165) is 18.7 Å². The van der Waals surface area contributed by atoms with E-state index in [1.54, 1.807) is 0 Å². The molecule has 0 aliphatic heterocycles. The number of benzene rings is 1. The standard InChI is InChI=1S/C20H30N6/c21-17-13-7-8-14-18(17)22-19(15-9-3-1-4-10-15)20-23-24-25-26(20)16-11-5-2-6-12-16/h1,3-4,9-10,16-19,22H,2,5-8,11-14,21H2. The summed E-state index contributed by atoms with van der Waals surface area (Å²) in [7, 11) is 0. The minimum atomic E-state index is -0.0118. The van der Waals surface area contributed by atoms with Gasteiger partial charge < -0.3 is 5.73 Å². The second-order valence-corrected chi connectivity index (χ2v) is 7.84. The molecule has 2 saturated carbocycles. The van der Waals surface area contributed by atoms with Gasteiger partial charge in [-0.2, -0.15) is 0 Å². The van der Waals surface area contributed by atoms with E-state index in [0.29, 0.717) is 12.1 Å². The second kappa shape index (κ2) is 8.27. The first kappa shape index (κ1) is 17.6. The predicted octanol–water partition coefficient (Wildman–Crippen LogP) is 3.13. The Morgan fingerprint density at radius 1 is 0.962 bits per heavy atom. The summed E-state index contributed by atoms with van der Waals surface area (Å²) < 4.78 is 2.08. The molecule has 0 spiro atoms. The Hall–Kier alpha value is -1.79. The zero-order valence-electron chi connectivity index (χ0n) is 15.4. The number of hydrogen-bond donors (Lipinski definition) is 2. The molecule has 3 atom stereocenters. The average molecular weight is 355 g/mol. The topological polar surface area (TPSA) is 81.7 Å². The smallest absolute Gasteiger partial charge is 0.173 e. The average Bonchev–Trinajstić information content (AvgIpc) is 3.18. The highest BCUT2D eigenvalue weighted by molar-refractivity contribution is 5.25. The van der Waals surface area contributed by atoms with Gasteiger partial charge in [-0.05, 0) is 41.7 Å². The molecule has 0 radical (unpaired) electrons. The minimum absolute atomic E-state index is 0.0118. The molecule has 0 saturated heterocycles. The number of nitrogens with zero attached hydrogens (tertiary/aromatic N) is 4. The van der Waals surface area contributed by atoms with Gasteiger partial charge in [-0.1, -0.05) is 62.4 Å². The van der Waals surface area contributed by atoms with E-state index >= 15 is 0 Å². The molecule has 2 aromatic rings. The number of tetrazole rings is 1. The summed E-state index contributed by atoms with van der Waals surface area (Å²) >= 11 is 0. The van der Waals surface area contributed by atoms with Crippen LogP contribution < -0.4 is 11.1 Å². The molecule has 3 unspecified atom stereocenters. The fourth-order valence-corrected chi connectivity index (χ4v) is 4.52. The molecular formula is C20H30N6. The number of nitrogens with two attached hydrogens (primary N) is 1. The van der Waals surface area contributed by atoms with E-state index in [4.69, 9.17) is 5.73 Å². The molecule has 140 valence electrons. The Morgan fingerprint density at radius 3 is 2.46 bits per heavy atom. The van der Waals surface area contributed by atoms with Crippen molar-refractivity contribution >= 4 is 0 Å². The van der Waals surface area contributed by atoms with Crippen molar-refractivity contribution in [3.05, 3.63) is 41.7 Å². The van der Waals surface area contributed by atoms with Crippen LogP contribution in [0.15, 0.2) is 30.3 Å². The van der Waals surface area contributed by atoms with E-state index in [9.17, 15) is 0 Å². The zero-order valence-corrected chi connectivity index (χ0v) is 15.4. The summed E-state index contributed by atoms with van der Waals surface area (Å²) in [6, 6.07) is 11.5. The van der Waals surface area contributed by atoms with E-state index in [1.165, 1.54) is 50.5 Å². The fraction of sp³-hybridized carbons (Fsp3) is 0.650. The lowest BCUT2D eigenvalue weighted by atomic mass is 9.89. The Bertz CT molecular complexity index is 679. The maximum Gasteiger partial charge on any atom is 0.173 e. The van der Waals surface area contributed by atoms with Gasteiger partial charge in [0.25, 0.3) is 0 Å². The molecule has 2 aliphatic rings. The van der Waals surface area contributed by atoms with Crippen LogP contribution in [0.1, 0.15) is 81.3 Å². The maximum atomic E-state index is 6.42. The van der Waals surface area contributed by atoms with Crippen molar-refractivity contribution in [1.29, 1.82) is 0 Å². The normalized spacial score (nSPS) is 25.9. The van der Waals surface area contributed by atoms with Crippen LogP contribution in [0.4, 0.5) is 0 Å². The van der Waals surface area contributed by atoms with E-state index in [-0.39, 0.29) is 12.1 Å². The van der Waals surface area contributed by atoms with Gasteiger partial charge in [0.15, 0.2) is 5.82 Å². The number of aromatic nitrogens is 4. The van der Waals surface area contributed by atoms with Crippen molar-refractivity contribution in [1.82, 2.24) is 25.5 Å². The number of hydrogen-bond acceptors (Lipinski definition) is 5. The first-order valence-electron chi connectivity index (χ1n) is 10.2. The monoisotopic (exact) mass is 354 g/mol. The molecule has 6 nitrogen and oxygen atoms in total. The van der Waals surface area contributed by atoms with Gasteiger partial charge in [-0.15, -0.1) is 5.10 Å². The Labute approximate surface area is 155 Å². The van der Waals surface area contributed by atoms with Crippen LogP contribution in [0.25, 0.3) is 0 Å². The van der Waals surface area contributed by atoms with Gasteiger partial charge in [0.2, 0.25) is 0 Å². The van der Waals surface area contributed by atoms with Crippen molar-refractivity contribution < 1.29 is 0 Å². The van der Waals surface area contributed by atoms with Crippen molar-refractivity contribution in [3.63, 3.8) is 0 Å². The first-order valence-corrected chi connectivity index (χ1v) is 10.2. The Balaban J connectivity index is 1.64. The highest BCUT2D eigenvalue weighted by Gasteiger charge is 2.30. The Morgan fingerprint density at radius 2 is 1.69 bits per heavy atom. The van der Waals surface area contributed by atoms with Crippen LogP contribution in [-0.4, -0.2) is 32.3 Å². The van der Waals surface area contributed by atoms with Crippen molar-refractivity contribution in [2.24, 2.45) is 5.73 Å². The van der Waals surface area contributed by atoms with Crippen LogP contribution in [0.3, 0.4) is 0 Å². The summed E-state index contributed by atoms with van der Waals surface area (Å²) in [6.45, 7) is 0. The van der Waals surface area contributed by atoms with Gasteiger partial charge >= 0.3 is 0 Å². The quantitative estimate of drug-likeness (QED) is 0.862. The molecule has 26 heavy (non-hydrogen) atoms. The fourth-order valence-electron chi connectivity index (χ4n) is 4.52. The van der Waals surface area contributed by atoms with E-state index < -0.39 is 0 Å². The third kappa shape index (κ3) is 3.81. The van der Waals surface area contributed by atoms with Crippen molar-refractivity contribution in [2.45, 2.75) is 82.0 Å². The minimum Gasteiger partial charge on any atom is -0.326 e. The van der Waals surface area contributed by atoms with Crippen molar-refractivity contribution in [3.8, 4) is 0 Å². The molecular weight excluding hydrogens is 324 g/mol. The van der Waals surface area contributed by atoms with Crippen LogP contribution in [0.2, 0.25) is 0 Å². The molecule has 1 aromatic carbocycles. The van der Waals surface area contributed by atoms with E-state index in [1.807, 2.05) is 0 Å². The molecule has 1 aromatic heterocycles. The molecule has 6 heteroatoms. The van der Waals surface area contributed by atoms with Gasteiger partial charge in [0, 0.05) is 12.1 Å². The molecule has 0 amide bonds. The van der Waals surface area contributed by atoms with E-state index in [2.05, 4.69) is 55.9 Å². The predicted molar refractivity (Wildman–Crippen MR) is 102 cm³/mol. The first-order chi connectivity index (χ1) is 12.8. The summed E-state index contributed by atoms with van der Waals surface area (Å²) in [5, 5.41) is 16.7. The molecule has 2 aliphatic carbocycles. The third-order valence-electron chi connectivity index (χ3n) is 6.03. The molecule has 1 heterocycles. The lowest BCUT2D eigenvalue weighted by Gasteiger charge is -2.33. The maximum absolute atomic E-state index is 6.42. The highest BCUT2D eigenvalue weighted by atomic mass is 15.6. The molecule has 3 N–H and O–H groups in total. The zero-order chi connectivity index (χ0) is 17.8. The van der Waals surface area contributed by atoms with Crippen LogP contribution in [-0.2, 0) is 0 Å². The summed E-state index contributed by atoms with van der Waals surface area (Å²) in [4.78, 5) is 0. The van der Waals surface area contributed by atoms with Gasteiger partial charge in [0.1, 0.15) is 0 Å². The third-order valence-corrected chi connectivity index (χ3v) is 6.03. The number of nitrogens with one attached hydrogen (secondary N) is 1. The molecule has 2 fully saturated rings. The van der Waals surface area contributed by atoms with Crippen LogP contribution in [0, 0.1) is 0 Å². The summed E-state index contributed by atoms with van der Waals surface area (Å²) in [5.74, 6) is 0.931. The van der Waals surface area contributed by atoms with Gasteiger partial charge in [-0.25, -0.2) is 4.68 Å². The highest BCUT2D eigenvalue weighted by Crippen LogP contribution is 2.31.